The third-order valence-corrected chi connectivity index (χ3v) is 4.22. The summed E-state index contributed by atoms with van der Waals surface area (Å²) < 4.78 is 5.30. The molecule has 0 spiro atoms. The molecular weight excluding hydrogens is 308 g/mol. The number of ether oxygens (including phenoxy) is 1. The Morgan fingerprint density at radius 2 is 2.09 bits per heavy atom. The lowest BCUT2D eigenvalue weighted by atomic mass is 10.0. The van der Waals surface area contributed by atoms with E-state index < -0.39 is 0 Å². The molecule has 0 aliphatic heterocycles. The van der Waals surface area contributed by atoms with E-state index in [-0.39, 0.29) is 17.1 Å². The van der Waals surface area contributed by atoms with Crippen molar-refractivity contribution in [1.29, 1.82) is 0 Å². The number of thiophene rings is 1. The highest BCUT2D eigenvalue weighted by molar-refractivity contribution is 7.10. The molecule has 120 valence electrons. The maximum absolute atomic E-state index is 12.4. The molecule has 4 heteroatoms. The summed E-state index contributed by atoms with van der Waals surface area (Å²) in [5.74, 6) is 0.346. The Kier molecular flexibility index (Phi) is 5.77. The molecule has 0 fully saturated rings. The van der Waals surface area contributed by atoms with Gasteiger partial charge in [-0.2, -0.15) is 0 Å². The highest BCUT2D eigenvalue weighted by Crippen LogP contribution is 2.32. The fourth-order valence-corrected chi connectivity index (χ4v) is 2.76. The van der Waals surface area contributed by atoms with E-state index in [0.717, 1.165) is 10.5 Å². The quantitative estimate of drug-likeness (QED) is 0.467. The molecule has 1 aromatic heterocycles. The summed E-state index contributed by atoms with van der Waals surface area (Å²) >= 11 is 1.56. The number of methoxy groups -OCH3 is 1. The number of benzene rings is 1. The van der Waals surface area contributed by atoms with Gasteiger partial charge in [0.05, 0.1) is 12.7 Å². The normalized spacial score (nSPS) is 10.7. The van der Waals surface area contributed by atoms with Gasteiger partial charge in [0, 0.05) is 10.4 Å². The van der Waals surface area contributed by atoms with Crippen LogP contribution >= 0.6 is 11.3 Å². The Morgan fingerprint density at radius 1 is 1.30 bits per heavy atom. The van der Waals surface area contributed by atoms with Crippen molar-refractivity contribution in [1.82, 2.24) is 0 Å². The van der Waals surface area contributed by atoms with Crippen molar-refractivity contribution in [2.24, 2.45) is 0 Å². The topological polar surface area (TPSA) is 46.5 Å². The highest BCUT2D eigenvalue weighted by atomic mass is 32.1. The molecule has 0 radical (unpaired) electrons. The molecule has 0 atom stereocenters. The first-order valence-electron chi connectivity index (χ1n) is 7.31. The van der Waals surface area contributed by atoms with Gasteiger partial charge < -0.3 is 9.84 Å². The minimum atomic E-state index is -0.225. The number of carbonyl (C=O) groups is 1. The number of hydrogen-bond donors (Lipinski definition) is 1. The first-order chi connectivity index (χ1) is 11.0. The summed E-state index contributed by atoms with van der Waals surface area (Å²) in [6, 6.07) is 7.18. The molecule has 1 heterocycles. The van der Waals surface area contributed by atoms with Crippen molar-refractivity contribution in [2.75, 3.05) is 7.11 Å². The second kappa shape index (κ2) is 7.79. The molecule has 0 saturated carbocycles. The van der Waals surface area contributed by atoms with Crippen molar-refractivity contribution in [3.05, 3.63) is 63.4 Å². The molecule has 0 aliphatic rings. The summed E-state index contributed by atoms with van der Waals surface area (Å²) in [6.45, 7) is 3.98. The van der Waals surface area contributed by atoms with Crippen LogP contribution in [0.1, 0.15) is 34.6 Å². The maximum atomic E-state index is 12.4. The van der Waals surface area contributed by atoms with E-state index >= 15 is 0 Å². The molecule has 0 bridgehead atoms. The van der Waals surface area contributed by atoms with Crippen LogP contribution in [-0.4, -0.2) is 18.0 Å². The van der Waals surface area contributed by atoms with Gasteiger partial charge in [0.2, 0.25) is 0 Å². The van der Waals surface area contributed by atoms with Crippen LogP contribution in [0.4, 0.5) is 0 Å². The molecular formula is C19H20O3S. The minimum Gasteiger partial charge on any atom is -0.507 e. The summed E-state index contributed by atoms with van der Waals surface area (Å²) in [5, 5.41) is 12.4. The largest absolute Gasteiger partial charge is 0.507 e. The van der Waals surface area contributed by atoms with E-state index in [1.165, 1.54) is 6.08 Å². The monoisotopic (exact) mass is 328 g/mol. The first-order valence-corrected chi connectivity index (χ1v) is 8.19. The van der Waals surface area contributed by atoms with Crippen LogP contribution < -0.4 is 4.74 Å². The number of aromatic hydroxyl groups is 1. The number of rotatable bonds is 6. The Labute approximate surface area is 140 Å². The number of phenolic OH excluding ortho intramolecular Hbond substituents is 1. The number of carbonyl (C=O) groups excluding carboxylic acids is 1. The summed E-state index contributed by atoms with van der Waals surface area (Å²) in [4.78, 5) is 13.3. The fraction of sp³-hybridized carbons (Fsp3) is 0.211. The van der Waals surface area contributed by atoms with Gasteiger partial charge in [-0.05, 0) is 56.0 Å². The van der Waals surface area contributed by atoms with Gasteiger partial charge in [-0.3, -0.25) is 4.79 Å². The summed E-state index contributed by atoms with van der Waals surface area (Å²) in [6.07, 6.45) is 5.75. The zero-order valence-electron chi connectivity index (χ0n) is 13.5. The standard InChI is InChI=1S/C19H20O3S/c1-13(2)6-8-16-18(22-3)11-9-15(19(16)21)17(20)10-7-14-5-4-12-23-14/h4-7,9-12,21H,8H2,1-3H3. The lowest BCUT2D eigenvalue weighted by Gasteiger charge is -2.12. The molecule has 0 unspecified atom stereocenters. The number of hydrogen-bond acceptors (Lipinski definition) is 4. The average molecular weight is 328 g/mol. The first kappa shape index (κ1) is 17.0. The zero-order chi connectivity index (χ0) is 16.8. The SMILES string of the molecule is COc1ccc(C(=O)C=Cc2cccs2)c(O)c1CC=C(C)C. The van der Waals surface area contributed by atoms with Gasteiger partial charge in [-0.15, -0.1) is 11.3 Å². The fourth-order valence-electron chi connectivity index (χ4n) is 2.15. The van der Waals surface area contributed by atoms with E-state index in [1.54, 1.807) is 36.7 Å². The Balaban J connectivity index is 2.33. The number of phenols is 1. The van der Waals surface area contributed by atoms with E-state index in [9.17, 15) is 9.90 Å². The van der Waals surface area contributed by atoms with Gasteiger partial charge >= 0.3 is 0 Å². The van der Waals surface area contributed by atoms with Gasteiger partial charge in [-0.1, -0.05) is 17.7 Å². The summed E-state index contributed by atoms with van der Waals surface area (Å²) in [7, 11) is 1.55. The predicted molar refractivity (Wildman–Crippen MR) is 95.5 cm³/mol. The molecule has 0 saturated heterocycles. The Bertz CT molecular complexity index is 736. The van der Waals surface area contributed by atoms with Gasteiger partial charge in [0.15, 0.2) is 5.78 Å². The van der Waals surface area contributed by atoms with Crippen molar-refractivity contribution in [3.63, 3.8) is 0 Å². The Morgan fingerprint density at radius 3 is 2.70 bits per heavy atom. The Hall–Kier alpha value is -2.33. The van der Waals surface area contributed by atoms with Crippen LogP contribution in [0.5, 0.6) is 11.5 Å². The van der Waals surface area contributed by atoms with Crippen LogP contribution in [0.3, 0.4) is 0 Å². The van der Waals surface area contributed by atoms with E-state index in [4.69, 9.17) is 4.74 Å². The third-order valence-electron chi connectivity index (χ3n) is 3.38. The number of allylic oxidation sites excluding steroid dienone is 3. The van der Waals surface area contributed by atoms with Crippen LogP contribution in [0.15, 0.2) is 47.4 Å². The molecule has 0 aliphatic carbocycles. The van der Waals surface area contributed by atoms with Crippen LogP contribution in [0, 0.1) is 0 Å². The van der Waals surface area contributed by atoms with Crippen LogP contribution in [0.25, 0.3) is 6.08 Å². The summed E-state index contributed by atoms with van der Waals surface area (Å²) in [5.41, 5.74) is 2.06. The molecule has 1 N–H and O–H groups in total. The highest BCUT2D eigenvalue weighted by Gasteiger charge is 2.16. The molecule has 0 amide bonds. The van der Waals surface area contributed by atoms with Gasteiger partial charge in [0.25, 0.3) is 0 Å². The lowest BCUT2D eigenvalue weighted by Crippen LogP contribution is -2.00. The lowest BCUT2D eigenvalue weighted by molar-refractivity contribution is 0.104. The van der Waals surface area contributed by atoms with Gasteiger partial charge in [-0.25, -0.2) is 0 Å². The predicted octanol–water partition coefficient (Wildman–Crippen LogP) is 4.87. The van der Waals surface area contributed by atoms with Crippen molar-refractivity contribution >= 4 is 23.2 Å². The number of ketones is 1. The van der Waals surface area contributed by atoms with Crippen LogP contribution in [-0.2, 0) is 6.42 Å². The van der Waals surface area contributed by atoms with Gasteiger partial charge in [0.1, 0.15) is 11.5 Å². The van der Waals surface area contributed by atoms with Crippen molar-refractivity contribution in [2.45, 2.75) is 20.3 Å². The zero-order valence-corrected chi connectivity index (χ0v) is 14.3. The second-order valence-corrected chi connectivity index (χ2v) is 6.32. The van der Waals surface area contributed by atoms with E-state index in [1.807, 2.05) is 37.4 Å². The van der Waals surface area contributed by atoms with Crippen molar-refractivity contribution in [3.8, 4) is 11.5 Å². The molecule has 2 rings (SSSR count). The molecule has 3 nitrogen and oxygen atoms in total. The smallest absolute Gasteiger partial charge is 0.189 e. The molecule has 2 aromatic rings. The minimum absolute atomic E-state index is 0.0114. The third kappa shape index (κ3) is 4.33. The van der Waals surface area contributed by atoms with E-state index in [0.29, 0.717) is 17.7 Å². The maximum Gasteiger partial charge on any atom is 0.189 e. The van der Waals surface area contributed by atoms with Crippen molar-refractivity contribution < 1.29 is 14.6 Å². The average Bonchev–Trinajstić information content (AvgIpc) is 3.04. The van der Waals surface area contributed by atoms with E-state index in [2.05, 4.69) is 0 Å². The second-order valence-electron chi connectivity index (χ2n) is 5.34. The molecule has 23 heavy (non-hydrogen) atoms. The molecule has 1 aromatic carbocycles. The van der Waals surface area contributed by atoms with Crippen LogP contribution in [0.2, 0.25) is 0 Å².